The van der Waals surface area contributed by atoms with Gasteiger partial charge in [-0.25, -0.2) is 0 Å². The van der Waals surface area contributed by atoms with Crippen LogP contribution >= 0.6 is 0 Å². The number of rotatable bonds is 4. The van der Waals surface area contributed by atoms with Crippen molar-refractivity contribution in [1.82, 2.24) is 4.90 Å². The molecule has 1 aromatic rings. The van der Waals surface area contributed by atoms with Gasteiger partial charge in [-0.3, -0.25) is 4.79 Å². The Hall–Kier alpha value is -1.98. The van der Waals surface area contributed by atoms with E-state index in [1.807, 2.05) is 6.92 Å². The van der Waals surface area contributed by atoms with Crippen molar-refractivity contribution in [3.05, 3.63) is 24.2 Å². The third-order valence-electron chi connectivity index (χ3n) is 2.38. The summed E-state index contributed by atoms with van der Waals surface area (Å²) in [6.45, 7) is 1.82. The molecule has 0 aliphatic carbocycles. The molecule has 6 heteroatoms. The highest BCUT2D eigenvalue weighted by atomic mass is 16.4. The summed E-state index contributed by atoms with van der Waals surface area (Å²) < 4.78 is 4.83. The van der Waals surface area contributed by atoms with Gasteiger partial charge in [0, 0.05) is 19.5 Å². The van der Waals surface area contributed by atoms with Gasteiger partial charge in [-0.1, -0.05) is 5.16 Å². The summed E-state index contributed by atoms with van der Waals surface area (Å²) in [5.41, 5.74) is 5.85. The number of hydrogen-bond acceptors (Lipinski definition) is 4. The van der Waals surface area contributed by atoms with E-state index in [4.69, 9.17) is 15.4 Å². The largest absolute Gasteiger partial charge is 0.472 e. The fourth-order valence-corrected chi connectivity index (χ4v) is 1.27. The predicted octanol–water partition coefficient (Wildman–Crippen LogP) is 0.877. The van der Waals surface area contributed by atoms with Crippen molar-refractivity contribution in [2.75, 3.05) is 7.05 Å². The number of furan rings is 1. The molecule has 0 bridgehead atoms. The second-order valence-electron chi connectivity index (χ2n) is 3.57. The van der Waals surface area contributed by atoms with E-state index in [0.29, 0.717) is 12.0 Å². The Kier molecular flexibility index (Phi) is 3.93. The first-order valence-corrected chi connectivity index (χ1v) is 4.82. The maximum atomic E-state index is 11.8. The molecule has 1 heterocycles. The summed E-state index contributed by atoms with van der Waals surface area (Å²) in [4.78, 5) is 13.4. The molecule has 0 spiro atoms. The molecule has 0 aliphatic heterocycles. The third-order valence-corrected chi connectivity index (χ3v) is 2.38. The predicted molar refractivity (Wildman–Crippen MR) is 58.3 cm³/mol. The molecule has 3 N–H and O–H groups in total. The molecular weight excluding hydrogens is 210 g/mol. The molecule has 1 atom stereocenters. The molecule has 16 heavy (non-hydrogen) atoms. The summed E-state index contributed by atoms with van der Waals surface area (Å²) in [6.07, 6.45) is 3.14. The summed E-state index contributed by atoms with van der Waals surface area (Å²) in [6, 6.07) is 1.44. The van der Waals surface area contributed by atoms with Crippen LogP contribution in [0.1, 0.15) is 23.7 Å². The number of amides is 1. The lowest BCUT2D eigenvalue weighted by Gasteiger charge is -2.23. The van der Waals surface area contributed by atoms with Crippen LogP contribution in [0.15, 0.2) is 28.2 Å². The quantitative estimate of drug-likeness (QED) is 0.344. The van der Waals surface area contributed by atoms with Crippen molar-refractivity contribution in [1.29, 1.82) is 0 Å². The molecule has 1 rings (SSSR count). The van der Waals surface area contributed by atoms with Crippen molar-refractivity contribution in [3.63, 3.8) is 0 Å². The average molecular weight is 225 g/mol. The molecular formula is C10H15N3O3. The van der Waals surface area contributed by atoms with Gasteiger partial charge in [0.1, 0.15) is 12.1 Å². The van der Waals surface area contributed by atoms with Gasteiger partial charge in [0.2, 0.25) is 0 Å². The number of carbonyl (C=O) groups is 1. The molecule has 0 aromatic carbocycles. The summed E-state index contributed by atoms with van der Waals surface area (Å²) in [5.74, 6) is -0.0636. The van der Waals surface area contributed by atoms with Gasteiger partial charge < -0.3 is 20.3 Å². The first-order chi connectivity index (χ1) is 7.56. The van der Waals surface area contributed by atoms with E-state index in [2.05, 4.69) is 5.16 Å². The molecule has 88 valence electrons. The molecule has 0 fully saturated rings. The molecule has 1 amide bonds. The number of amidine groups is 1. The van der Waals surface area contributed by atoms with Gasteiger partial charge in [-0.2, -0.15) is 0 Å². The molecule has 0 radical (unpaired) electrons. The zero-order chi connectivity index (χ0) is 12.1. The third kappa shape index (κ3) is 2.75. The number of hydrogen-bond donors (Lipinski definition) is 2. The van der Waals surface area contributed by atoms with E-state index < -0.39 is 0 Å². The van der Waals surface area contributed by atoms with Crippen molar-refractivity contribution in [3.8, 4) is 0 Å². The van der Waals surface area contributed by atoms with E-state index in [0.717, 1.165) is 0 Å². The first kappa shape index (κ1) is 12.1. The molecule has 1 unspecified atom stereocenters. The van der Waals surface area contributed by atoms with E-state index in [1.54, 1.807) is 13.1 Å². The minimum Gasteiger partial charge on any atom is -0.472 e. The fourth-order valence-electron chi connectivity index (χ4n) is 1.27. The fraction of sp³-hybridized carbons (Fsp3) is 0.400. The number of nitrogens with zero attached hydrogens (tertiary/aromatic N) is 2. The van der Waals surface area contributed by atoms with Crippen LogP contribution in [-0.2, 0) is 0 Å². The molecule has 6 nitrogen and oxygen atoms in total. The number of carbonyl (C=O) groups excluding carboxylic acids is 1. The Bertz CT molecular complexity index is 373. The highest BCUT2D eigenvalue weighted by molar-refractivity contribution is 5.94. The van der Waals surface area contributed by atoms with E-state index in [9.17, 15) is 4.79 Å². The smallest absolute Gasteiger partial charge is 0.257 e. The van der Waals surface area contributed by atoms with Crippen LogP contribution in [0.25, 0.3) is 0 Å². The van der Waals surface area contributed by atoms with Crippen LogP contribution in [0.3, 0.4) is 0 Å². The minimum absolute atomic E-state index is 0.0966. The molecule has 1 aromatic heterocycles. The standard InChI is InChI=1S/C10H15N3O3/c1-7(5-9(11)12-15)13(2)10(14)8-3-4-16-6-8/h3-4,6-7,15H,5H2,1-2H3,(H2,11,12). The number of nitrogens with two attached hydrogens (primary N) is 1. The van der Waals surface area contributed by atoms with Gasteiger partial charge >= 0.3 is 0 Å². The topological polar surface area (TPSA) is 92.1 Å². The van der Waals surface area contributed by atoms with Crippen molar-refractivity contribution in [2.24, 2.45) is 10.9 Å². The van der Waals surface area contributed by atoms with Crippen molar-refractivity contribution >= 4 is 11.7 Å². The number of oxime groups is 1. The van der Waals surface area contributed by atoms with Crippen LogP contribution in [-0.4, -0.2) is 34.9 Å². The van der Waals surface area contributed by atoms with Crippen LogP contribution in [0, 0.1) is 0 Å². The highest BCUT2D eigenvalue weighted by Gasteiger charge is 2.19. The molecule has 0 saturated heterocycles. The first-order valence-electron chi connectivity index (χ1n) is 4.82. The van der Waals surface area contributed by atoms with E-state index >= 15 is 0 Å². The second kappa shape index (κ2) is 5.20. The summed E-state index contributed by atoms with van der Waals surface area (Å²) >= 11 is 0. The Morgan fingerprint density at radius 2 is 2.44 bits per heavy atom. The second-order valence-corrected chi connectivity index (χ2v) is 3.57. The van der Waals surface area contributed by atoms with Crippen LogP contribution in [0.2, 0.25) is 0 Å². The van der Waals surface area contributed by atoms with Crippen LogP contribution < -0.4 is 5.73 Å². The van der Waals surface area contributed by atoms with Crippen LogP contribution in [0.4, 0.5) is 0 Å². The van der Waals surface area contributed by atoms with Crippen molar-refractivity contribution in [2.45, 2.75) is 19.4 Å². The monoisotopic (exact) mass is 225 g/mol. The Morgan fingerprint density at radius 3 is 2.94 bits per heavy atom. The van der Waals surface area contributed by atoms with Gasteiger partial charge in [0.05, 0.1) is 11.8 Å². The molecule has 0 aliphatic rings. The van der Waals surface area contributed by atoms with Gasteiger partial charge in [-0.05, 0) is 13.0 Å². The normalized spacial score (nSPS) is 13.5. The lowest BCUT2D eigenvalue weighted by atomic mass is 10.2. The minimum atomic E-state index is -0.160. The lowest BCUT2D eigenvalue weighted by molar-refractivity contribution is 0.0746. The summed E-state index contributed by atoms with van der Waals surface area (Å²) in [5, 5.41) is 11.3. The van der Waals surface area contributed by atoms with E-state index in [1.165, 1.54) is 17.4 Å². The summed E-state index contributed by atoms with van der Waals surface area (Å²) in [7, 11) is 1.66. The van der Waals surface area contributed by atoms with Gasteiger partial charge in [0.15, 0.2) is 0 Å². The average Bonchev–Trinajstić information content (AvgIpc) is 2.80. The Balaban J connectivity index is 2.64. The maximum absolute atomic E-state index is 11.8. The van der Waals surface area contributed by atoms with Crippen LogP contribution in [0.5, 0.6) is 0 Å². The van der Waals surface area contributed by atoms with Gasteiger partial charge in [0.25, 0.3) is 5.91 Å². The SMILES string of the molecule is CC(CC(N)=NO)N(C)C(=O)c1ccoc1. The zero-order valence-electron chi connectivity index (χ0n) is 9.25. The maximum Gasteiger partial charge on any atom is 0.257 e. The van der Waals surface area contributed by atoms with Gasteiger partial charge in [-0.15, -0.1) is 0 Å². The zero-order valence-corrected chi connectivity index (χ0v) is 9.25. The van der Waals surface area contributed by atoms with E-state index in [-0.39, 0.29) is 17.8 Å². The highest BCUT2D eigenvalue weighted by Crippen LogP contribution is 2.09. The van der Waals surface area contributed by atoms with Crippen molar-refractivity contribution < 1.29 is 14.4 Å². The Labute approximate surface area is 93.3 Å². The lowest BCUT2D eigenvalue weighted by Crippen LogP contribution is -2.37. The molecule has 0 saturated carbocycles. The Morgan fingerprint density at radius 1 is 1.75 bits per heavy atom.